The van der Waals surface area contributed by atoms with Crippen LogP contribution in [0.5, 0.6) is 0 Å². The van der Waals surface area contributed by atoms with Gasteiger partial charge in [0.25, 0.3) is 5.56 Å². The average molecular weight is 446 g/mol. The van der Waals surface area contributed by atoms with E-state index in [4.69, 9.17) is 4.98 Å². The Kier molecular flexibility index (Phi) is 6.24. The van der Waals surface area contributed by atoms with Gasteiger partial charge in [-0.15, -0.1) is 11.3 Å². The molecule has 4 rings (SSSR count). The Morgan fingerprint density at radius 1 is 1.27 bits per heavy atom. The minimum Gasteiger partial charge on any atom is -0.355 e. The van der Waals surface area contributed by atoms with E-state index in [2.05, 4.69) is 5.32 Å². The number of aromatic nitrogens is 2. The summed E-state index contributed by atoms with van der Waals surface area (Å²) in [6.07, 6.45) is 4.07. The number of aryl methyl sites for hydroxylation is 2. The van der Waals surface area contributed by atoms with Gasteiger partial charge in [0.2, 0.25) is 5.91 Å². The molecule has 0 fully saturated rings. The second kappa shape index (κ2) is 8.89. The van der Waals surface area contributed by atoms with Crippen LogP contribution in [0.25, 0.3) is 15.9 Å². The molecular formula is C22H24FN3O2S2. The Morgan fingerprint density at radius 2 is 2.00 bits per heavy atom. The summed E-state index contributed by atoms with van der Waals surface area (Å²) in [5.41, 5.74) is 1.52. The summed E-state index contributed by atoms with van der Waals surface area (Å²) in [6.45, 7) is 4.68. The first-order valence-corrected chi connectivity index (χ1v) is 12.0. The van der Waals surface area contributed by atoms with Crippen molar-refractivity contribution in [2.45, 2.75) is 44.7 Å². The van der Waals surface area contributed by atoms with Crippen LogP contribution in [0, 0.1) is 11.7 Å². The number of halogens is 1. The molecule has 0 saturated heterocycles. The number of carbonyl (C=O) groups excluding carboxylic acids is 1. The highest BCUT2D eigenvalue weighted by atomic mass is 32.2. The number of rotatable bonds is 6. The number of thioether (sulfide) groups is 1. The highest BCUT2D eigenvalue weighted by molar-refractivity contribution is 7.99. The molecule has 30 heavy (non-hydrogen) atoms. The fraction of sp³-hybridized carbons (Fsp3) is 0.409. The topological polar surface area (TPSA) is 64.0 Å². The molecule has 0 radical (unpaired) electrons. The number of nitrogens with zero attached hydrogens (tertiary/aromatic N) is 2. The number of hydrogen-bond donors (Lipinski definition) is 1. The third-order valence-corrected chi connectivity index (χ3v) is 7.21. The average Bonchev–Trinajstić information content (AvgIpc) is 3.10. The number of nitrogens with one attached hydrogen (secondary N) is 1. The van der Waals surface area contributed by atoms with Crippen molar-refractivity contribution >= 4 is 39.2 Å². The third-order valence-electron chi connectivity index (χ3n) is 5.08. The number of benzene rings is 1. The van der Waals surface area contributed by atoms with Gasteiger partial charge in [0.15, 0.2) is 5.16 Å². The van der Waals surface area contributed by atoms with E-state index in [1.807, 2.05) is 13.8 Å². The van der Waals surface area contributed by atoms with Gasteiger partial charge in [-0.05, 0) is 61.4 Å². The normalized spacial score (nSPS) is 13.6. The van der Waals surface area contributed by atoms with Crippen LogP contribution in [0.2, 0.25) is 0 Å². The Morgan fingerprint density at radius 3 is 2.73 bits per heavy atom. The number of thiophene rings is 1. The molecule has 0 unspecified atom stereocenters. The summed E-state index contributed by atoms with van der Waals surface area (Å²) in [7, 11) is 0. The van der Waals surface area contributed by atoms with E-state index < -0.39 is 0 Å². The van der Waals surface area contributed by atoms with Gasteiger partial charge in [-0.25, -0.2) is 9.37 Å². The van der Waals surface area contributed by atoms with E-state index in [1.165, 1.54) is 33.3 Å². The molecule has 2 aromatic heterocycles. The molecule has 1 amide bonds. The Balaban J connectivity index is 1.77. The van der Waals surface area contributed by atoms with E-state index in [0.717, 1.165) is 36.1 Å². The van der Waals surface area contributed by atoms with Crippen LogP contribution in [-0.4, -0.2) is 27.8 Å². The van der Waals surface area contributed by atoms with Gasteiger partial charge in [0.05, 0.1) is 16.8 Å². The molecule has 1 aromatic carbocycles. The van der Waals surface area contributed by atoms with E-state index >= 15 is 0 Å². The minimum atomic E-state index is -0.365. The van der Waals surface area contributed by atoms with Crippen LogP contribution in [0.4, 0.5) is 4.39 Å². The van der Waals surface area contributed by atoms with Crippen LogP contribution >= 0.6 is 23.1 Å². The van der Waals surface area contributed by atoms with Crippen molar-refractivity contribution < 1.29 is 9.18 Å². The van der Waals surface area contributed by atoms with Crippen molar-refractivity contribution in [3.63, 3.8) is 0 Å². The largest absolute Gasteiger partial charge is 0.355 e. The SMILES string of the molecule is CC(C)CNC(=O)CSc1nc2sc3c(c2c(=O)n1-c1ccc(F)cc1)CCCC3. The molecule has 1 aliphatic carbocycles. The lowest BCUT2D eigenvalue weighted by Crippen LogP contribution is -2.29. The van der Waals surface area contributed by atoms with Crippen molar-refractivity contribution in [3.8, 4) is 5.69 Å². The first-order valence-electron chi connectivity index (χ1n) is 10.2. The smallest absolute Gasteiger partial charge is 0.267 e. The van der Waals surface area contributed by atoms with E-state index in [1.54, 1.807) is 23.5 Å². The summed E-state index contributed by atoms with van der Waals surface area (Å²) >= 11 is 2.82. The van der Waals surface area contributed by atoms with Gasteiger partial charge in [-0.3, -0.25) is 14.2 Å². The van der Waals surface area contributed by atoms with Gasteiger partial charge in [0.1, 0.15) is 10.6 Å². The molecule has 1 N–H and O–H groups in total. The molecule has 8 heteroatoms. The minimum absolute atomic E-state index is 0.0980. The highest BCUT2D eigenvalue weighted by Gasteiger charge is 2.23. The second-order valence-electron chi connectivity index (χ2n) is 7.89. The van der Waals surface area contributed by atoms with Crippen LogP contribution in [0.15, 0.2) is 34.2 Å². The highest BCUT2D eigenvalue weighted by Crippen LogP contribution is 2.35. The van der Waals surface area contributed by atoms with Crippen molar-refractivity contribution in [2.24, 2.45) is 5.92 Å². The summed E-state index contributed by atoms with van der Waals surface area (Å²) in [6, 6.07) is 5.82. The second-order valence-corrected chi connectivity index (χ2v) is 9.92. The Labute approximate surface area is 182 Å². The first kappa shape index (κ1) is 21.1. The van der Waals surface area contributed by atoms with Crippen molar-refractivity contribution in [3.05, 3.63) is 50.9 Å². The van der Waals surface area contributed by atoms with Crippen molar-refractivity contribution in [1.29, 1.82) is 0 Å². The summed E-state index contributed by atoms with van der Waals surface area (Å²) in [5.74, 6) is 0.0650. The molecule has 0 spiro atoms. The standard InChI is InChI=1S/C22H24FN3O2S2/c1-13(2)11-24-18(27)12-29-22-25-20-19(16-5-3-4-6-17(16)30-20)21(28)26(22)15-9-7-14(23)8-10-15/h7-10,13H,3-6,11-12H2,1-2H3,(H,24,27). The van der Waals surface area contributed by atoms with Crippen LogP contribution < -0.4 is 10.9 Å². The summed E-state index contributed by atoms with van der Waals surface area (Å²) < 4.78 is 15.0. The van der Waals surface area contributed by atoms with E-state index in [-0.39, 0.29) is 23.0 Å². The first-order chi connectivity index (χ1) is 14.4. The monoisotopic (exact) mass is 445 g/mol. The van der Waals surface area contributed by atoms with Gasteiger partial charge >= 0.3 is 0 Å². The van der Waals surface area contributed by atoms with Crippen LogP contribution in [-0.2, 0) is 17.6 Å². The lowest BCUT2D eigenvalue weighted by Gasteiger charge is -2.14. The maximum atomic E-state index is 13.5. The Bertz CT molecular complexity index is 1140. The molecule has 3 aromatic rings. The molecule has 0 saturated carbocycles. The molecule has 2 heterocycles. The molecule has 0 aliphatic heterocycles. The summed E-state index contributed by atoms with van der Waals surface area (Å²) in [5, 5.41) is 4.02. The van der Waals surface area contributed by atoms with Crippen molar-refractivity contribution in [1.82, 2.24) is 14.9 Å². The fourth-order valence-corrected chi connectivity index (χ4v) is 5.75. The maximum absolute atomic E-state index is 13.5. The van der Waals surface area contributed by atoms with Gasteiger partial charge in [-0.1, -0.05) is 25.6 Å². The van der Waals surface area contributed by atoms with Crippen LogP contribution in [0.1, 0.15) is 37.1 Å². The van der Waals surface area contributed by atoms with Gasteiger partial charge in [0, 0.05) is 11.4 Å². The predicted molar refractivity (Wildman–Crippen MR) is 120 cm³/mol. The number of fused-ring (bicyclic) bond motifs is 3. The quantitative estimate of drug-likeness (QED) is 0.453. The van der Waals surface area contributed by atoms with Gasteiger partial charge < -0.3 is 5.32 Å². The lowest BCUT2D eigenvalue weighted by atomic mass is 9.97. The predicted octanol–water partition coefficient (Wildman–Crippen LogP) is 4.33. The zero-order valence-corrected chi connectivity index (χ0v) is 18.7. The maximum Gasteiger partial charge on any atom is 0.267 e. The van der Waals surface area contributed by atoms with E-state index in [9.17, 15) is 14.0 Å². The molecule has 158 valence electrons. The summed E-state index contributed by atoms with van der Waals surface area (Å²) in [4.78, 5) is 32.5. The number of carbonyl (C=O) groups is 1. The molecule has 0 atom stereocenters. The zero-order valence-electron chi connectivity index (χ0n) is 17.0. The third kappa shape index (κ3) is 4.30. The van der Waals surface area contributed by atoms with E-state index in [0.29, 0.717) is 28.7 Å². The van der Waals surface area contributed by atoms with Crippen molar-refractivity contribution in [2.75, 3.05) is 12.3 Å². The zero-order chi connectivity index (χ0) is 21.3. The molecule has 1 aliphatic rings. The molecule has 5 nitrogen and oxygen atoms in total. The number of hydrogen-bond acceptors (Lipinski definition) is 5. The Hall–Kier alpha value is -2.19. The van der Waals surface area contributed by atoms with Gasteiger partial charge in [-0.2, -0.15) is 0 Å². The molecular weight excluding hydrogens is 421 g/mol. The van der Waals surface area contributed by atoms with Crippen LogP contribution in [0.3, 0.4) is 0 Å². The number of amides is 1. The fourth-order valence-electron chi connectivity index (χ4n) is 3.60. The lowest BCUT2D eigenvalue weighted by molar-refractivity contribution is -0.118. The molecule has 0 bridgehead atoms.